The van der Waals surface area contributed by atoms with Crippen LogP contribution in [0.1, 0.15) is 12.5 Å². The number of esters is 1. The molecule has 0 heterocycles. The zero-order valence-corrected chi connectivity index (χ0v) is 18.5. The molecule has 0 aromatic heterocycles. The van der Waals surface area contributed by atoms with Crippen molar-refractivity contribution >= 4 is 27.6 Å². The lowest BCUT2D eigenvalue weighted by Crippen LogP contribution is -2.35. The second-order valence-corrected chi connectivity index (χ2v) is 8.11. The van der Waals surface area contributed by atoms with Gasteiger partial charge in [-0.1, -0.05) is 24.8 Å². The molecule has 9 nitrogen and oxygen atoms in total. The summed E-state index contributed by atoms with van der Waals surface area (Å²) >= 11 is 0. The lowest BCUT2D eigenvalue weighted by Gasteiger charge is -2.27. The van der Waals surface area contributed by atoms with E-state index in [0.717, 1.165) is 16.5 Å². The number of ether oxygens (including phenoxy) is 2. The van der Waals surface area contributed by atoms with Crippen molar-refractivity contribution in [3.8, 4) is 5.75 Å². The lowest BCUT2D eigenvalue weighted by molar-refractivity contribution is -0.137. The van der Waals surface area contributed by atoms with Gasteiger partial charge in [0, 0.05) is 6.92 Å². The summed E-state index contributed by atoms with van der Waals surface area (Å²) in [6.07, 6.45) is 0. The predicted octanol–water partition coefficient (Wildman–Crippen LogP) is 2.49. The van der Waals surface area contributed by atoms with Gasteiger partial charge in [0.05, 0.1) is 38.5 Å². The summed E-state index contributed by atoms with van der Waals surface area (Å²) in [5.41, 5.74) is 0.340. The van der Waals surface area contributed by atoms with Crippen LogP contribution in [0.4, 0.5) is 5.69 Å². The molecule has 0 atom stereocenters. The van der Waals surface area contributed by atoms with Crippen molar-refractivity contribution in [1.29, 1.82) is 0 Å². The quantitative estimate of drug-likeness (QED) is 0.330. The molecule has 166 valence electrons. The largest absolute Gasteiger partial charge is 0.497 e. The number of carbonyl (C=O) groups is 2. The summed E-state index contributed by atoms with van der Waals surface area (Å²) < 4.78 is 37.3. The SMILES string of the molecule is C=C(C(=O)OC)N(Cc1ccccc1N(OC)C(C)=O)S(=O)(=O)c1ccc(OC)cc1. The van der Waals surface area contributed by atoms with Gasteiger partial charge in [0.25, 0.3) is 10.0 Å². The average Bonchev–Trinajstić information content (AvgIpc) is 2.77. The van der Waals surface area contributed by atoms with Crippen molar-refractivity contribution in [1.82, 2.24) is 4.31 Å². The zero-order chi connectivity index (χ0) is 23.2. The van der Waals surface area contributed by atoms with E-state index in [9.17, 15) is 18.0 Å². The minimum absolute atomic E-state index is 0.0778. The Balaban J connectivity index is 2.58. The number of hydrogen-bond acceptors (Lipinski definition) is 7. The van der Waals surface area contributed by atoms with E-state index in [2.05, 4.69) is 11.3 Å². The number of amides is 1. The topological polar surface area (TPSA) is 102 Å². The lowest BCUT2D eigenvalue weighted by atomic mass is 10.1. The summed E-state index contributed by atoms with van der Waals surface area (Å²) in [6, 6.07) is 12.2. The third-order valence-corrected chi connectivity index (χ3v) is 6.16. The number of hydroxylamine groups is 1. The molecule has 0 radical (unpaired) electrons. The summed E-state index contributed by atoms with van der Waals surface area (Å²) in [5.74, 6) is -0.851. The third kappa shape index (κ3) is 5.22. The van der Waals surface area contributed by atoms with E-state index < -0.39 is 21.9 Å². The highest BCUT2D eigenvalue weighted by Crippen LogP contribution is 2.28. The smallest absolute Gasteiger partial charge is 0.354 e. The Morgan fingerprint density at radius 3 is 2.13 bits per heavy atom. The molecule has 0 aliphatic carbocycles. The van der Waals surface area contributed by atoms with E-state index in [1.54, 1.807) is 24.3 Å². The molecule has 1 amide bonds. The van der Waals surface area contributed by atoms with Gasteiger partial charge in [0.2, 0.25) is 5.91 Å². The summed E-state index contributed by atoms with van der Waals surface area (Å²) in [5, 5.41) is 1.02. The number of para-hydroxylation sites is 1. The fraction of sp³-hybridized carbons (Fsp3) is 0.238. The monoisotopic (exact) mass is 448 g/mol. The van der Waals surface area contributed by atoms with E-state index >= 15 is 0 Å². The van der Waals surface area contributed by atoms with Gasteiger partial charge in [-0.05, 0) is 35.9 Å². The van der Waals surface area contributed by atoms with Crippen LogP contribution >= 0.6 is 0 Å². The molecule has 2 aromatic rings. The third-order valence-electron chi connectivity index (χ3n) is 4.36. The predicted molar refractivity (Wildman–Crippen MR) is 113 cm³/mol. The molecule has 0 unspecified atom stereocenters. The fourth-order valence-corrected chi connectivity index (χ4v) is 4.22. The fourth-order valence-electron chi connectivity index (χ4n) is 2.81. The summed E-state index contributed by atoms with van der Waals surface area (Å²) in [4.78, 5) is 29.2. The first kappa shape index (κ1) is 23.9. The van der Waals surface area contributed by atoms with Crippen LogP contribution in [0.3, 0.4) is 0 Å². The van der Waals surface area contributed by atoms with Gasteiger partial charge in [0.1, 0.15) is 11.4 Å². The molecule has 0 N–H and O–H groups in total. The molecule has 0 saturated heterocycles. The van der Waals surface area contributed by atoms with Crippen LogP contribution in [0.25, 0.3) is 0 Å². The van der Waals surface area contributed by atoms with Crippen LogP contribution in [-0.2, 0) is 35.7 Å². The van der Waals surface area contributed by atoms with E-state index in [1.807, 2.05) is 0 Å². The van der Waals surface area contributed by atoms with Crippen molar-refractivity contribution in [3.05, 3.63) is 66.4 Å². The average molecular weight is 448 g/mol. The summed E-state index contributed by atoms with van der Waals surface area (Å²) in [7, 11) is -0.310. The maximum Gasteiger partial charge on any atom is 0.354 e. The molecule has 0 spiro atoms. The van der Waals surface area contributed by atoms with Crippen molar-refractivity contribution in [2.45, 2.75) is 18.4 Å². The van der Waals surface area contributed by atoms with Gasteiger partial charge in [-0.3, -0.25) is 13.9 Å². The zero-order valence-electron chi connectivity index (χ0n) is 17.7. The standard InChI is InChI=1S/C21H24N2O7S/c1-15(21(25)29-4)22(31(26,27)19-12-10-18(28-3)11-13-19)14-17-8-6-7-9-20(17)23(30-5)16(2)24/h6-13H,1,14H2,2-5H3. The maximum absolute atomic E-state index is 13.4. The number of nitrogens with zero attached hydrogens (tertiary/aromatic N) is 2. The molecule has 2 rings (SSSR count). The van der Waals surface area contributed by atoms with Gasteiger partial charge in [-0.15, -0.1) is 0 Å². The van der Waals surface area contributed by atoms with E-state index in [0.29, 0.717) is 17.0 Å². The Hall–Kier alpha value is -3.37. The minimum Gasteiger partial charge on any atom is -0.497 e. The van der Waals surface area contributed by atoms with Gasteiger partial charge in [-0.25, -0.2) is 13.2 Å². The molecule has 2 aromatic carbocycles. The first-order chi connectivity index (χ1) is 14.7. The highest BCUT2D eigenvalue weighted by atomic mass is 32.2. The number of methoxy groups -OCH3 is 2. The van der Waals surface area contributed by atoms with Crippen LogP contribution in [0.5, 0.6) is 5.75 Å². The molecule has 0 saturated carbocycles. The van der Waals surface area contributed by atoms with E-state index in [1.165, 1.54) is 45.4 Å². The molecule has 0 bridgehead atoms. The van der Waals surface area contributed by atoms with Crippen LogP contribution in [0.15, 0.2) is 65.7 Å². The van der Waals surface area contributed by atoms with Crippen molar-refractivity contribution in [2.24, 2.45) is 0 Å². The Kier molecular flexibility index (Phi) is 7.78. The highest BCUT2D eigenvalue weighted by Gasteiger charge is 2.31. The second kappa shape index (κ2) is 10.1. The normalized spacial score (nSPS) is 10.8. The number of sulfonamides is 1. The number of anilines is 1. The van der Waals surface area contributed by atoms with Crippen LogP contribution in [-0.4, -0.2) is 45.9 Å². The number of benzene rings is 2. The van der Waals surface area contributed by atoms with Crippen molar-refractivity contribution in [3.63, 3.8) is 0 Å². The molecular weight excluding hydrogens is 424 g/mol. The molecule has 0 aliphatic heterocycles. The Morgan fingerprint density at radius 1 is 1.00 bits per heavy atom. The second-order valence-electron chi connectivity index (χ2n) is 6.25. The Bertz CT molecular complexity index is 1070. The number of carbonyl (C=O) groups excluding carboxylic acids is 2. The van der Waals surface area contributed by atoms with Crippen LogP contribution < -0.4 is 9.80 Å². The summed E-state index contributed by atoms with van der Waals surface area (Å²) in [6.45, 7) is 4.62. The first-order valence-corrected chi connectivity index (χ1v) is 10.5. The molecule has 0 fully saturated rings. The Morgan fingerprint density at radius 2 is 1.61 bits per heavy atom. The van der Waals surface area contributed by atoms with E-state index in [-0.39, 0.29) is 17.1 Å². The number of rotatable bonds is 9. The van der Waals surface area contributed by atoms with Gasteiger partial charge in [0.15, 0.2) is 0 Å². The van der Waals surface area contributed by atoms with Gasteiger partial charge in [-0.2, -0.15) is 5.06 Å². The maximum atomic E-state index is 13.4. The number of hydrogen-bond donors (Lipinski definition) is 0. The first-order valence-electron chi connectivity index (χ1n) is 9.04. The minimum atomic E-state index is -4.21. The van der Waals surface area contributed by atoms with Crippen molar-refractivity contribution in [2.75, 3.05) is 26.4 Å². The van der Waals surface area contributed by atoms with Crippen molar-refractivity contribution < 1.29 is 32.3 Å². The molecule has 0 aliphatic rings. The Labute approximate surface area is 181 Å². The molecule has 31 heavy (non-hydrogen) atoms. The molecular formula is C21H24N2O7S. The molecule has 10 heteroatoms. The van der Waals surface area contributed by atoms with Gasteiger partial charge >= 0.3 is 5.97 Å². The van der Waals surface area contributed by atoms with Crippen LogP contribution in [0.2, 0.25) is 0 Å². The highest BCUT2D eigenvalue weighted by molar-refractivity contribution is 7.89. The van der Waals surface area contributed by atoms with Crippen LogP contribution in [0, 0.1) is 0 Å². The van der Waals surface area contributed by atoms with Gasteiger partial charge < -0.3 is 9.47 Å². The van der Waals surface area contributed by atoms with E-state index in [4.69, 9.17) is 9.57 Å².